The minimum atomic E-state index is -0.790. The van der Waals surface area contributed by atoms with Crippen LogP contribution in [-0.4, -0.2) is 87.5 Å². The zero-order valence-corrected chi connectivity index (χ0v) is 37.9. The van der Waals surface area contributed by atoms with Crippen molar-refractivity contribution in [2.45, 2.75) is 164 Å². The van der Waals surface area contributed by atoms with Gasteiger partial charge in [0, 0.05) is 62.0 Å². The van der Waals surface area contributed by atoms with Crippen LogP contribution in [0.25, 0.3) is 0 Å². The summed E-state index contributed by atoms with van der Waals surface area (Å²) in [5.74, 6) is -1.33. The molecule has 2 aromatic rings. The van der Waals surface area contributed by atoms with Gasteiger partial charge in [0.05, 0.1) is 19.1 Å². The van der Waals surface area contributed by atoms with E-state index in [1.54, 1.807) is 12.3 Å². The van der Waals surface area contributed by atoms with Gasteiger partial charge in [0.2, 0.25) is 5.91 Å². The Kier molecular flexibility index (Phi) is 18.1. The van der Waals surface area contributed by atoms with Gasteiger partial charge in [-0.1, -0.05) is 78.3 Å². The first kappa shape index (κ1) is 47.9. The highest BCUT2D eigenvalue weighted by Crippen LogP contribution is 2.37. The molecule has 318 valence electrons. The van der Waals surface area contributed by atoms with E-state index in [1.807, 2.05) is 49.1 Å². The molecule has 0 aliphatic carbocycles. The van der Waals surface area contributed by atoms with Crippen molar-refractivity contribution < 1.29 is 33.2 Å². The number of Topliss-reactive ketones (excluding diaryl/α,β-unsaturated/α-hetero) is 2. The van der Waals surface area contributed by atoms with Crippen LogP contribution in [0.1, 0.15) is 155 Å². The topological polar surface area (TPSA) is 123 Å². The standard InChI is InChI=1S/C46H72N4O6S/c1-13-23-49(45(55)37(31(5)14-2)27-41(53)40-22-18-19-24-50(40,12)46(9,10)11)39(30(3)4)28-42(56-34(8)52)44-48-38(29-57-44)43(54)47-36(25-32(6)33(7)51)26-35-20-16-15-17-21-35/h15-17,20-21,29-32,36-37,39-40,42H,13-14,18-19,22-28H2,1-12H3/p+1/t31-,32-,36+,37-,39+,40+,42+,50?/m0/s1. The lowest BCUT2D eigenvalue weighted by Crippen LogP contribution is -2.67. The fraction of sp³-hybridized carbons (Fsp3) is 0.696. The normalized spacial score (nSPS) is 20.5. The number of rotatable bonds is 21. The fourth-order valence-electron chi connectivity index (χ4n) is 8.43. The third-order valence-corrected chi connectivity index (χ3v) is 13.7. The van der Waals surface area contributed by atoms with Crippen LogP contribution in [-0.2, 0) is 30.3 Å². The highest BCUT2D eigenvalue weighted by molar-refractivity contribution is 7.09. The fourth-order valence-corrected chi connectivity index (χ4v) is 9.26. The van der Waals surface area contributed by atoms with Gasteiger partial charge >= 0.3 is 5.97 Å². The number of esters is 1. The number of likely N-dealkylation sites (N-methyl/N-ethyl adjacent to an activating group) is 1. The Bertz CT molecular complexity index is 1640. The summed E-state index contributed by atoms with van der Waals surface area (Å²) in [6.45, 7) is 23.2. The summed E-state index contributed by atoms with van der Waals surface area (Å²) >= 11 is 1.25. The van der Waals surface area contributed by atoms with E-state index in [2.05, 4.69) is 60.8 Å². The summed E-state index contributed by atoms with van der Waals surface area (Å²) in [5, 5.41) is 5.27. The number of likely N-dealkylation sites (tertiary alicyclic amines) is 1. The number of carbonyl (C=O) groups is 5. The third-order valence-electron chi connectivity index (χ3n) is 12.7. The van der Waals surface area contributed by atoms with Crippen LogP contribution in [0.15, 0.2) is 35.7 Å². The number of amides is 2. The van der Waals surface area contributed by atoms with E-state index in [4.69, 9.17) is 9.72 Å². The molecule has 3 rings (SSSR count). The van der Waals surface area contributed by atoms with Gasteiger partial charge in [0.25, 0.3) is 5.91 Å². The predicted octanol–water partition coefficient (Wildman–Crippen LogP) is 8.78. The number of benzene rings is 1. The quantitative estimate of drug-likeness (QED) is 0.0989. The molecule has 57 heavy (non-hydrogen) atoms. The average Bonchev–Trinajstić information content (AvgIpc) is 3.64. The van der Waals surface area contributed by atoms with Gasteiger partial charge in [0.15, 0.2) is 11.9 Å². The van der Waals surface area contributed by atoms with Crippen molar-refractivity contribution in [3.05, 3.63) is 52.0 Å². The summed E-state index contributed by atoms with van der Waals surface area (Å²) in [6, 6.07) is 9.09. The Morgan fingerprint density at radius 2 is 1.67 bits per heavy atom. The molecule has 1 unspecified atom stereocenters. The van der Waals surface area contributed by atoms with E-state index in [0.717, 1.165) is 44.2 Å². The molecule has 1 fully saturated rings. The molecular weight excluding hydrogens is 737 g/mol. The molecule has 2 amide bonds. The molecule has 1 aliphatic heterocycles. The second-order valence-electron chi connectivity index (χ2n) is 18.2. The molecule has 1 aromatic heterocycles. The number of carbonyl (C=O) groups excluding carboxylic acids is 5. The molecule has 1 aliphatic rings. The number of thiazole rings is 1. The SMILES string of the molecule is CCCN(C(=O)[C@@H](CC(=O)[C@H]1CCCC[N+]1(C)C(C)(C)C)[C@@H](C)CC)[C@H](C[C@@H](OC(C)=O)c1nc(C(=O)N[C@@H](Cc2ccccc2)C[C@H](C)C(C)=O)cs1)C(C)C. The van der Waals surface area contributed by atoms with Crippen molar-refractivity contribution in [1.82, 2.24) is 15.2 Å². The molecule has 8 atom stereocenters. The largest absolute Gasteiger partial charge is 0.455 e. The number of nitrogens with one attached hydrogen (secondary N) is 1. The Labute approximate surface area is 347 Å². The van der Waals surface area contributed by atoms with E-state index >= 15 is 0 Å². The van der Waals surface area contributed by atoms with Gasteiger partial charge in [-0.15, -0.1) is 11.3 Å². The summed E-state index contributed by atoms with van der Waals surface area (Å²) in [6.07, 6.45) is 5.21. The smallest absolute Gasteiger partial charge is 0.303 e. The van der Waals surface area contributed by atoms with Gasteiger partial charge in [-0.3, -0.25) is 24.0 Å². The average molecular weight is 810 g/mol. The van der Waals surface area contributed by atoms with Crippen LogP contribution < -0.4 is 5.32 Å². The number of piperidine rings is 1. The molecule has 1 aromatic carbocycles. The van der Waals surface area contributed by atoms with E-state index in [-0.39, 0.29) is 76.9 Å². The van der Waals surface area contributed by atoms with Gasteiger partial charge < -0.3 is 19.4 Å². The lowest BCUT2D eigenvalue weighted by atomic mass is 9.80. The number of ether oxygens (including phenoxy) is 1. The molecular formula is C46H73N4O6S+. The molecule has 1 N–H and O–H groups in total. The number of hydrogen-bond acceptors (Lipinski definition) is 8. The summed E-state index contributed by atoms with van der Waals surface area (Å²) in [4.78, 5) is 74.4. The van der Waals surface area contributed by atoms with E-state index in [9.17, 15) is 24.0 Å². The second kappa shape index (κ2) is 21.5. The van der Waals surface area contributed by atoms with Crippen molar-refractivity contribution >= 4 is 40.7 Å². The van der Waals surface area contributed by atoms with Gasteiger partial charge in [-0.05, 0) is 77.2 Å². The first-order valence-electron chi connectivity index (χ1n) is 21.4. The third kappa shape index (κ3) is 13.0. The zero-order valence-electron chi connectivity index (χ0n) is 37.1. The van der Waals surface area contributed by atoms with Gasteiger partial charge in [-0.2, -0.15) is 0 Å². The van der Waals surface area contributed by atoms with Crippen molar-refractivity contribution in [2.24, 2.45) is 23.7 Å². The molecule has 10 nitrogen and oxygen atoms in total. The van der Waals surface area contributed by atoms with Gasteiger partial charge in [-0.25, -0.2) is 4.98 Å². The zero-order chi connectivity index (χ0) is 42.7. The van der Waals surface area contributed by atoms with E-state index in [1.165, 1.54) is 18.3 Å². The minimum absolute atomic E-state index is 0.000877. The highest BCUT2D eigenvalue weighted by atomic mass is 32.1. The van der Waals surface area contributed by atoms with Gasteiger partial charge in [0.1, 0.15) is 22.5 Å². The van der Waals surface area contributed by atoms with Crippen molar-refractivity contribution in [2.75, 3.05) is 20.1 Å². The monoisotopic (exact) mass is 810 g/mol. The lowest BCUT2D eigenvalue weighted by Gasteiger charge is -2.52. The second-order valence-corrected chi connectivity index (χ2v) is 19.1. The first-order chi connectivity index (χ1) is 26.7. The Balaban J connectivity index is 1.91. The molecule has 0 spiro atoms. The van der Waals surface area contributed by atoms with Crippen LogP contribution in [0.2, 0.25) is 0 Å². The molecule has 0 saturated carbocycles. The minimum Gasteiger partial charge on any atom is -0.455 e. The van der Waals surface area contributed by atoms with Crippen LogP contribution in [0.4, 0.5) is 0 Å². The number of aromatic nitrogens is 1. The first-order valence-corrected chi connectivity index (χ1v) is 22.3. The maximum Gasteiger partial charge on any atom is 0.303 e. The highest BCUT2D eigenvalue weighted by Gasteiger charge is 2.49. The van der Waals surface area contributed by atoms with Crippen molar-refractivity contribution in [3.8, 4) is 0 Å². The Morgan fingerprint density at radius 1 is 1.00 bits per heavy atom. The lowest BCUT2D eigenvalue weighted by molar-refractivity contribution is -0.971. The number of ketones is 2. The molecule has 1 saturated heterocycles. The number of quaternary nitrogens is 1. The molecule has 0 radical (unpaired) electrons. The molecule has 11 heteroatoms. The Hall–Kier alpha value is -3.44. The van der Waals surface area contributed by atoms with Crippen molar-refractivity contribution in [1.29, 1.82) is 0 Å². The molecule has 2 heterocycles. The van der Waals surface area contributed by atoms with E-state index in [0.29, 0.717) is 35.3 Å². The Morgan fingerprint density at radius 3 is 2.23 bits per heavy atom. The van der Waals surface area contributed by atoms with Crippen LogP contribution in [0.5, 0.6) is 0 Å². The van der Waals surface area contributed by atoms with Crippen molar-refractivity contribution in [3.63, 3.8) is 0 Å². The number of hydrogen-bond donors (Lipinski definition) is 1. The predicted molar refractivity (Wildman–Crippen MR) is 229 cm³/mol. The summed E-state index contributed by atoms with van der Waals surface area (Å²) in [7, 11) is 2.21. The van der Waals surface area contributed by atoms with Crippen LogP contribution in [0.3, 0.4) is 0 Å². The van der Waals surface area contributed by atoms with Crippen LogP contribution >= 0.6 is 11.3 Å². The summed E-state index contributed by atoms with van der Waals surface area (Å²) < 4.78 is 6.61. The maximum atomic E-state index is 14.9. The summed E-state index contributed by atoms with van der Waals surface area (Å²) in [5.41, 5.74) is 1.16. The number of nitrogens with zero attached hydrogens (tertiary/aromatic N) is 3. The van der Waals surface area contributed by atoms with E-state index < -0.39 is 18.0 Å². The maximum absolute atomic E-state index is 14.9. The molecule has 0 bridgehead atoms. The van der Waals surface area contributed by atoms with Crippen LogP contribution in [0, 0.1) is 23.7 Å².